The Morgan fingerprint density at radius 2 is 1.88 bits per heavy atom. The molecule has 1 saturated carbocycles. The first-order valence-electron chi connectivity index (χ1n) is 6.65. The molecule has 88 valence electrons. The summed E-state index contributed by atoms with van der Waals surface area (Å²) >= 11 is 0. The third kappa shape index (κ3) is 1.77. The van der Waals surface area contributed by atoms with Gasteiger partial charge in [0, 0.05) is 17.8 Å². The van der Waals surface area contributed by atoms with Gasteiger partial charge in [-0.1, -0.05) is 0 Å². The molecule has 0 spiro atoms. The zero-order valence-corrected chi connectivity index (χ0v) is 9.86. The minimum Gasteiger partial charge on any atom is -0.331 e. The Morgan fingerprint density at radius 1 is 1.12 bits per heavy atom. The van der Waals surface area contributed by atoms with E-state index in [1.807, 2.05) is 0 Å². The monoisotopic (exact) mass is 219 g/mol. The van der Waals surface area contributed by atoms with Gasteiger partial charge in [-0.25, -0.2) is 4.98 Å². The average Bonchev–Trinajstić information content (AvgIpc) is 2.74. The van der Waals surface area contributed by atoms with Crippen molar-refractivity contribution in [1.82, 2.24) is 9.55 Å². The van der Waals surface area contributed by atoms with Crippen LogP contribution in [0.3, 0.4) is 0 Å². The maximum absolute atomic E-state index is 5.96. The van der Waals surface area contributed by atoms with Crippen molar-refractivity contribution in [3.63, 3.8) is 0 Å². The predicted molar refractivity (Wildman–Crippen MR) is 64.3 cm³/mol. The topological polar surface area (TPSA) is 43.8 Å². The molecule has 0 radical (unpaired) electrons. The van der Waals surface area contributed by atoms with Gasteiger partial charge in [0.25, 0.3) is 0 Å². The van der Waals surface area contributed by atoms with Crippen LogP contribution in [0.2, 0.25) is 0 Å². The van der Waals surface area contributed by atoms with E-state index >= 15 is 0 Å². The molecule has 3 rings (SSSR count). The third-order valence-corrected chi connectivity index (χ3v) is 4.19. The molecule has 0 unspecified atom stereocenters. The summed E-state index contributed by atoms with van der Waals surface area (Å²) in [6.07, 6.45) is 12.0. The minimum absolute atomic E-state index is 0.440. The van der Waals surface area contributed by atoms with Crippen molar-refractivity contribution in [1.29, 1.82) is 0 Å². The summed E-state index contributed by atoms with van der Waals surface area (Å²) < 4.78 is 2.46. The van der Waals surface area contributed by atoms with Crippen molar-refractivity contribution in [3.8, 4) is 0 Å². The molecule has 0 amide bonds. The molecular weight excluding hydrogens is 198 g/mol. The van der Waals surface area contributed by atoms with E-state index in [1.54, 1.807) is 0 Å². The van der Waals surface area contributed by atoms with Crippen LogP contribution in [0.25, 0.3) is 0 Å². The standard InChI is InChI=1S/C13H21N3/c14-10-5-7-11(8-6-10)16-9-15-12-3-1-2-4-13(12)16/h9-11H,1-8,14H2. The smallest absolute Gasteiger partial charge is 0.0954 e. The number of rotatable bonds is 1. The molecule has 2 aliphatic rings. The van der Waals surface area contributed by atoms with Crippen LogP contribution in [0.15, 0.2) is 6.33 Å². The van der Waals surface area contributed by atoms with Crippen LogP contribution in [0.5, 0.6) is 0 Å². The van der Waals surface area contributed by atoms with Crippen molar-refractivity contribution >= 4 is 0 Å². The summed E-state index contributed by atoms with van der Waals surface area (Å²) in [5.41, 5.74) is 8.85. The van der Waals surface area contributed by atoms with E-state index in [4.69, 9.17) is 5.73 Å². The van der Waals surface area contributed by atoms with Gasteiger partial charge in [0.2, 0.25) is 0 Å². The lowest BCUT2D eigenvalue weighted by molar-refractivity contribution is 0.317. The van der Waals surface area contributed by atoms with E-state index in [-0.39, 0.29) is 0 Å². The second-order valence-electron chi connectivity index (χ2n) is 5.32. The number of hydrogen-bond donors (Lipinski definition) is 1. The lowest BCUT2D eigenvalue weighted by Crippen LogP contribution is -2.28. The summed E-state index contributed by atoms with van der Waals surface area (Å²) in [6, 6.07) is 1.12. The van der Waals surface area contributed by atoms with Crippen molar-refractivity contribution in [2.75, 3.05) is 0 Å². The van der Waals surface area contributed by atoms with Crippen molar-refractivity contribution in [2.45, 2.75) is 63.5 Å². The summed E-state index contributed by atoms with van der Waals surface area (Å²) in [6.45, 7) is 0. The molecule has 2 N–H and O–H groups in total. The number of aryl methyl sites for hydroxylation is 1. The van der Waals surface area contributed by atoms with E-state index in [1.165, 1.54) is 62.8 Å². The summed E-state index contributed by atoms with van der Waals surface area (Å²) in [5.74, 6) is 0. The van der Waals surface area contributed by atoms with E-state index in [2.05, 4.69) is 15.9 Å². The second kappa shape index (κ2) is 4.21. The summed E-state index contributed by atoms with van der Waals surface area (Å²) in [7, 11) is 0. The Morgan fingerprint density at radius 3 is 2.69 bits per heavy atom. The maximum Gasteiger partial charge on any atom is 0.0954 e. The number of nitrogens with zero attached hydrogens (tertiary/aromatic N) is 2. The molecule has 1 aromatic rings. The zero-order valence-electron chi connectivity index (χ0n) is 9.86. The van der Waals surface area contributed by atoms with Crippen molar-refractivity contribution in [3.05, 3.63) is 17.7 Å². The van der Waals surface area contributed by atoms with Crippen molar-refractivity contribution < 1.29 is 0 Å². The lowest BCUT2D eigenvalue weighted by Gasteiger charge is -2.29. The molecule has 1 heterocycles. The molecular formula is C13H21N3. The van der Waals surface area contributed by atoms with Gasteiger partial charge < -0.3 is 10.3 Å². The van der Waals surface area contributed by atoms with Crippen LogP contribution in [0.4, 0.5) is 0 Å². The first kappa shape index (κ1) is 10.3. The molecule has 1 aromatic heterocycles. The molecule has 3 nitrogen and oxygen atoms in total. The Labute approximate surface area is 97.0 Å². The summed E-state index contributed by atoms with van der Waals surface area (Å²) in [5, 5.41) is 0. The molecule has 3 heteroatoms. The highest BCUT2D eigenvalue weighted by molar-refractivity contribution is 5.17. The van der Waals surface area contributed by atoms with E-state index < -0.39 is 0 Å². The Balaban J connectivity index is 1.81. The normalized spacial score (nSPS) is 30.1. The Hall–Kier alpha value is -0.830. The molecule has 0 bridgehead atoms. The Kier molecular flexibility index (Phi) is 2.72. The number of hydrogen-bond acceptors (Lipinski definition) is 2. The van der Waals surface area contributed by atoms with Crippen LogP contribution in [-0.2, 0) is 12.8 Å². The highest BCUT2D eigenvalue weighted by Gasteiger charge is 2.24. The fourth-order valence-corrected chi connectivity index (χ4v) is 3.19. The van der Waals surface area contributed by atoms with Crippen LogP contribution in [0.1, 0.15) is 56.0 Å². The number of nitrogens with two attached hydrogens (primary N) is 1. The SMILES string of the molecule is NC1CCC(n2cnc3c2CCCC3)CC1. The minimum atomic E-state index is 0.440. The number of aromatic nitrogens is 2. The fraction of sp³-hybridized carbons (Fsp3) is 0.769. The molecule has 16 heavy (non-hydrogen) atoms. The first-order valence-corrected chi connectivity index (χ1v) is 6.65. The van der Waals surface area contributed by atoms with Gasteiger partial charge in [0.15, 0.2) is 0 Å². The van der Waals surface area contributed by atoms with Crippen LogP contribution >= 0.6 is 0 Å². The zero-order chi connectivity index (χ0) is 11.0. The molecule has 0 atom stereocenters. The van der Waals surface area contributed by atoms with Gasteiger partial charge in [0.05, 0.1) is 12.0 Å². The number of imidazole rings is 1. The van der Waals surface area contributed by atoms with Gasteiger partial charge in [0.1, 0.15) is 0 Å². The van der Waals surface area contributed by atoms with E-state index in [9.17, 15) is 0 Å². The predicted octanol–water partition coefficient (Wildman–Crippen LogP) is 2.20. The summed E-state index contributed by atoms with van der Waals surface area (Å²) in [4.78, 5) is 4.58. The second-order valence-corrected chi connectivity index (χ2v) is 5.32. The molecule has 0 aliphatic heterocycles. The highest BCUT2D eigenvalue weighted by atomic mass is 15.1. The van der Waals surface area contributed by atoms with Crippen LogP contribution < -0.4 is 5.73 Å². The lowest BCUT2D eigenvalue weighted by atomic mass is 9.91. The van der Waals surface area contributed by atoms with E-state index in [0.717, 1.165) is 0 Å². The largest absolute Gasteiger partial charge is 0.331 e. The van der Waals surface area contributed by atoms with Gasteiger partial charge in [-0.05, 0) is 51.4 Å². The first-order chi connectivity index (χ1) is 7.84. The average molecular weight is 219 g/mol. The van der Waals surface area contributed by atoms with Gasteiger partial charge >= 0.3 is 0 Å². The molecule has 1 fully saturated rings. The van der Waals surface area contributed by atoms with Gasteiger partial charge in [-0.3, -0.25) is 0 Å². The van der Waals surface area contributed by atoms with Gasteiger partial charge in [-0.2, -0.15) is 0 Å². The third-order valence-electron chi connectivity index (χ3n) is 4.19. The quantitative estimate of drug-likeness (QED) is 0.787. The van der Waals surface area contributed by atoms with Crippen LogP contribution in [-0.4, -0.2) is 15.6 Å². The van der Waals surface area contributed by atoms with Gasteiger partial charge in [-0.15, -0.1) is 0 Å². The Bertz CT molecular complexity index is 361. The molecule has 2 aliphatic carbocycles. The van der Waals surface area contributed by atoms with Crippen molar-refractivity contribution in [2.24, 2.45) is 5.73 Å². The van der Waals surface area contributed by atoms with E-state index in [0.29, 0.717) is 12.1 Å². The number of fused-ring (bicyclic) bond motifs is 1. The molecule has 0 saturated heterocycles. The maximum atomic E-state index is 5.96. The highest BCUT2D eigenvalue weighted by Crippen LogP contribution is 2.31. The fourth-order valence-electron chi connectivity index (χ4n) is 3.19. The molecule has 0 aromatic carbocycles. The van der Waals surface area contributed by atoms with Crippen LogP contribution in [0, 0.1) is 0 Å².